The summed E-state index contributed by atoms with van der Waals surface area (Å²) < 4.78 is 5.26. The highest BCUT2D eigenvalue weighted by atomic mass is 35.5. The molecule has 0 radical (unpaired) electrons. The lowest BCUT2D eigenvalue weighted by molar-refractivity contribution is 0.410. The van der Waals surface area contributed by atoms with E-state index in [1.54, 1.807) is 31.5 Å². The van der Waals surface area contributed by atoms with Crippen LogP contribution in [0.4, 0.5) is 5.82 Å². The predicted molar refractivity (Wildman–Crippen MR) is 74.3 cm³/mol. The van der Waals surface area contributed by atoms with E-state index in [1.165, 1.54) is 0 Å². The number of nitriles is 1. The molecule has 5 heteroatoms. The fraction of sp³-hybridized carbons (Fsp3) is 0.143. The minimum Gasteiger partial charge on any atom is -0.496 e. The lowest BCUT2D eigenvalue weighted by atomic mass is 10.2. The third kappa shape index (κ3) is 2.95. The highest BCUT2D eigenvalue weighted by molar-refractivity contribution is 6.31. The van der Waals surface area contributed by atoms with Gasteiger partial charge < -0.3 is 10.1 Å². The van der Waals surface area contributed by atoms with Gasteiger partial charge in [0.1, 0.15) is 17.6 Å². The fourth-order valence-corrected chi connectivity index (χ4v) is 1.94. The van der Waals surface area contributed by atoms with Crippen molar-refractivity contribution >= 4 is 17.4 Å². The number of nitrogens with one attached hydrogen (secondary N) is 1. The molecule has 2 rings (SSSR count). The van der Waals surface area contributed by atoms with Crippen molar-refractivity contribution in [3.05, 3.63) is 52.7 Å². The third-order valence-corrected chi connectivity index (χ3v) is 3.01. The number of methoxy groups -OCH3 is 1. The number of anilines is 1. The zero-order chi connectivity index (χ0) is 13.7. The number of benzene rings is 1. The minimum atomic E-state index is 0.439. The van der Waals surface area contributed by atoms with Crippen LogP contribution in [0.3, 0.4) is 0 Å². The Balaban J connectivity index is 2.22. The molecular formula is C14H12ClN3O. The van der Waals surface area contributed by atoms with Gasteiger partial charge in [-0.05, 0) is 24.3 Å². The smallest absolute Gasteiger partial charge is 0.144 e. The highest BCUT2D eigenvalue weighted by Crippen LogP contribution is 2.27. The van der Waals surface area contributed by atoms with E-state index < -0.39 is 0 Å². The third-order valence-electron chi connectivity index (χ3n) is 2.66. The normalized spacial score (nSPS) is 9.74. The Kier molecular flexibility index (Phi) is 4.22. The maximum Gasteiger partial charge on any atom is 0.144 e. The molecular weight excluding hydrogens is 262 g/mol. The van der Waals surface area contributed by atoms with E-state index in [-0.39, 0.29) is 0 Å². The molecule has 1 aromatic carbocycles. The van der Waals surface area contributed by atoms with Crippen molar-refractivity contribution in [2.45, 2.75) is 6.54 Å². The Hall–Kier alpha value is -2.25. The standard InChI is InChI=1S/C14H12ClN3O/c1-19-13-6-2-5-12(15)11(13)9-18-14-10(8-16)4-3-7-17-14/h2-7H,9H2,1H3,(H,17,18). The van der Waals surface area contributed by atoms with Crippen LogP contribution in [-0.2, 0) is 6.54 Å². The molecule has 0 fully saturated rings. The van der Waals surface area contributed by atoms with Gasteiger partial charge in [0.15, 0.2) is 0 Å². The number of pyridine rings is 1. The number of aromatic nitrogens is 1. The Morgan fingerprint density at radius 1 is 1.37 bits per heavy atom. The lowest BCUT2D eigenvalue weighted by Crippen LogP contribution is -2.05. The van der Waals surface area contributed by atoms with Gasteiger partial charge in [-0.3, -0.25) is 0 Å². The van der Waals surface area contributed by atoms with E-state index in [1.807, 2.05) is 12.1 Å². The molecule has 0 saturated carbocycles. The van der Waals surface area contributed by atoms with Gasteiger partial charge in [0.2, 0.25) is 0 Å². The second-order valence-electron chi connectivity index (χ2n) is 3.79. The van der Waals surface area contributed by atoms with E-state index in [0.29, 0.717) is 28.7 Å². The summed E-state index contributed by atoms with van der Waals surface area (Å²) in [5.41, 5.74) is 1.33. The van der Waals surface area contributed by atoms with Crippen molar-refractivity contribution in [2.75, 3.05) is 12.4 Å². The maximum atomic E-state index is 8.99. The summed E-state index contributed by atoms with van der Waals surface area (Å²) in [6.45, 7) is 0.439. The van der Waals surface area contributed by atoms with E-state index in [9.17, 15) is 0 Å². The predicted octanol–water partition coefficient (Wildman–Crippen LogP) is 3.23. The van der Waals surface area contributed by atoms with Gasteiger partial charge in [0.25, 0.3) is 0 Å². The Morgan fingerprint density at radius 2 is 2.21 bits per heavy atom. The Labute approximate surface area is 116 Å². The fourth-order valence-electron chi connectivity index (χ4n) is 1.71. The summed E-state index contributed by atoms with van der Waals surface area (Å²) in [4.78, 5) is 4.13. The summed E-state index contributed by atoms with van der Waals surface area (Å²) in [7, 11) is 1.59. The summed E-state index contributed by atoms with van der Waals surface area (Å²) in [6.07, 6.45) is 1.63. The van der Waals surface area contributed by atoms with Crippen LogP contribution in [0.25, 0.3) is 0 Å². The molecule has 0 saturated heterocycles. The van der Waals surface area contributed by atoms with Crippen molar-refractivity contribution in [2.24, 2.45) is 0 Å². The molecule has 0 spiro atoms. The van der Waals surface area contributed by atoms with Gasteiger partial charge in [-0.25, -0.2) is 4.98 Å². The molecule has 19 heavy (non-hydrogen) atoms. The van der Waals surface area contributed by atoms with Crippen molar-refractivity contribution in [3.8, 4) is 11.8 Å². The number of nitrogens with zero attached hydrogens (tertiary/aromatic N) is 2. The number of hydrogen-bond donors (Lipinski definition) is 1. The molecule has 4 nitrogen and oxygen atoms in total. The molecule has 2 aromatic rings. The minimum absolute atomic E-state index is 0.439. The van der Waals surface area contributed by atoms with Crippen molar-refractivity contribution in [3.63, 3.8) is 0 Å². The molecule has 0 aliphatic rings. The molecule has 0 bridgehead atoms. The summed E-state index contributed by atoms with van der Waals surface area (Å²) >= 11 is 6.14. The van der Waals surface area contributed by atoms with Crippen LogP contribution >= 0.6 is 11.6 Å². The summed E-state index contributed by atoms with van der Waals surface area (Å²) in [5, 5.41) is 12.7. The number of ether oxygens (including phenoxy) is 1. The van der Waals surface area contributed by atoms with E-state index in [4.69, 9.17) is 21.6 Å². The van der Waals surface area contributed by atoms with Crippen LogP contribution in [0.15, 0.2) is 36.5 Å². The maximum absolute atomic E-state index is 8.99. The summed E-state index contributed by atoms with van der Waals surface area (Å²) in [6, 6.07) is 11.0. The van der Waals surface area contributed by atoms with E-state index >= 15 is 0 Å². The van der Waals surface area contributed by atoms with Crippen molar-refractivity contribution in [1.29, 1.82) is 5.26 Å². The van der Waals surface area contributed by atoms with Gasteiger partial charge in [0, 0.05) is 23.3 Å². The van der Waals surface area contributed by atoms with E-state index in [2.05, 4.69) is 16.4 Å². The lowest BCUT2D eigenvalue weighted by Gasteiger charge is -2.12. The van der Waals surface area contributed by atoms with Gasteiger partial charge in [-0.15, -0.1) is 0 Å². The first kappa shape index (κ1) is 13.2. The topological polar surface area (TPSA) is 57.9 Å². The highest BCUT2D eigenvalue weighted by Gasteiger charge is 2.09. The van der Waals surface area contributed by atoms with Crippen LogP contribution < -0.4 is 10.1 Å². The van der Waals surface area contributed by atoms with Crippen LogP contribution in [0.5, 0.6) is 5.75 Å². The number of halogens is 1. The zero-order valence-electron chi connectivity index (χ0n) is 10.4. The van der Waals surface area contributed by atoms with Crippen LogP contribution in [0, 0.1) is 11.3 Å². The number of hydrogen-bond acceptors (Lipinski definition) is 4. The van der Waals surface area contributed by atoms with Crippen LogP contribution in [0.1, 0.15) is 11.1 Å². The molecule has 96 valence electrons. The second-order valence-corrected chi connectivity index (χ2v) is 4.19. The quantitative estimate of drug-likeness (QED) is 0.929. The molecule has 0 aliphatic heterocycles. The first-order chi connectivity index (χ1) is 9.26. The van der Waals surface area contributed by atoms with Crippen molar-refractivity contribution in [1.82, 2.24) is 4.98 Å². The van der Waals surface area contributed by atoms with Crippen LogP contribution in [-0.4, -0.2) is 12.1 Å². The van der Waals surface area contributed by atoms with Crippen LogP contribution in [0.2, 0.25) is 5.02 Å². The van der Waals surface area contributed by atoms with Crippen molar-refractivity contribution < 1.29 is 4.74 Å². The molecule has 0 aliphatic carbocycles. The Bertz CT molecular complexity index is 622. The Morgan fingerprint density at radius 3 is 2.95 bits per heavy atom. The first-order valence-electron chi connectivity index (χ1n) is 5.66. The van der Waals surface area contributed by atoms with Gasteiger partial charge in [-0.2, -0.15) is 5.26 Å². The van der Waals surface area contributed by atoms with Gasteiger partial charge in [-0.1, -0.05) is 17.7 Å². The SMILES string of the molecule is COc1cccc(Cl)c1CNc1ncccc1C#N. The average molecular weight is 274 g/mol. The molecule has 1 aromatic heterocycles. The zero-order valence-corrected chi connectivity index (χ0v) is 11.1. The first-order valence-corrected chi connectivity index (χ1v) is 6.04. The van der Waals surface area contributed by atoms with Gasteiger partial charge in [0.05, 0.1) is 12.7 Å². The molecule has 0 amide bonds. The summed E-state index contributed by atoms with van der Waals surface area (Å²) in [5.74, 6) is 1.24. The largest absolute Gasteiger partial charge is 0.496 e. The molecule has 0 atom stereocenters. The molecule has 1 heterocycles. The number of rotatable bonds is 4. The molecule has 1 N–H and O–H groups in total. The van der Waals surface area contributed by atoms with E-state index in [0.717, 1.165) is 5.56 Å². The monoisotopic (exact) mass is 273 g/mol. The van der Waals surface area contributed by atoms with Gasteiger partial charge >= 0.3 is 0 Å². The second kappa shape index (κ2) is 6.07. The average Bonchev–Trinajstić information content (AvgIpc) is 2.46. The molecule has 0 unspecified atom stereocenters.